The maximum absolute atomic E-state index is 5.26. The van der Waals surface area contributed by atoms with E-state index in [1.54, 1.807) is 7.11 Å². The van der Waals surface area contributed by atoms with Crippen molar-refractivity contribution in [3.8, 4) is 0 Å². The van der Waals surface area contributed by atoms with E-state index in [1.165, 1.54) is 0 Å². The summed E-state index contributed by atoms with van der Waals surface area (Å²) in [6.07, 6.45) is 2.97. The molecule has 1 fully saturated rings. The highest BCUT2D eigenvalue weighted by molar-refractivity contribution is 14.0. The van der Waals surface area contributed by atoms with Crippen molar-refractivity contribution >= 4 is 29.9 Å². The van der Waals surface area contributed by atoms with Crippen LogP contribution in [-0.4, -0.2) is 59.0 Å². The second kappa shape index (κ2) is 9.86. The summed E-state index contributed by atoms with van der Waals surface area (Å²) in [5, 5.41) is 11.6. The van der Waals surface area contributed by atoms with Crippen molar-refractivity contribution in [1.29, 1.82) is 0 Å². The van der Waals surface area contributed by atoms with Crippen LogP contribution in [0.1, 0.15) is 18.1 Å². The third kappa shape index (κ3) is 5.45. The lowest BCUT2D eigenvalue weighted by Gasteiger charge is -2.21. The van der Waals surface area contributed by atoms with Gasteiger partial charge in [0.15, 0.2) is 11.8 Å². The van der Waals surface area contributed by atoms with Gasteiger partial charge in [-0.3, -0.25) is 0 Å². The van der Waals surface area contributed by atoms with Crippen molar-refractivity contribution in [3.63, 3.8) is 0 Å². The van der Waals surface area contributed by atoms with Crippen LogP contribution in [0.4, 0.5) is 0 Å². The number of likely N-dealkylation sites (tertiary alicyclic amines) is 1. The Morgan fingerprint density at radius 3 is 2.91 bits per heavy atom. The van der Waals surface area contributed by atoms with Crippen LogP contribution in [0, 0.1) is 12.8 Å². The molecule has 130 valence electrons. The van der Waals surface area contributed by atoms with E-state index in [-0.39, 0.29) is 24.0 Å². The number of nitrogens with zero attached hydrogens (tertiary/aromatic N) is 5. The van der Waals surface area contributed by atoms with Crippen LogP contribution in [0.5, 0.6) is 0 Å². The molecule has 0 radical (unpaired) electrons. The van der Waals surface area contributed by atoms with Crippen LogP contribution >= 0.6 is 24.0 Å². The summed E-state index contributed by atoms with van der Waals surface area (Å²) < 4.78 is 7.22. The predicted octanol–water partition coefficient (Wildman–Crippen LogP) is 1.34. The number of hydrogen-bond donors (Lipinski definition) is 1. The summed E-state index contributed by atoms with van der Waals surface area (Å²) in [5.74, 6) is 3.23. The lowest BCUT2D eigenvalue weighted by atomic mass is 10.1. The maximum atomic E-state index is 5.26. The van der Waals surface area contributed by atoms with Gasteiger partial charge in [0.25, 0.3) is 0 Å². The Morgan fingerprint density at radius 2 is 2.30 bits per heavy atom. The van der Waals surface area contributed by atoms with Gasteiger partial charge in [0.2, 0.25) is 0 Å². The van der Waals surface area contributed by atoms with E-state index in [0.717, 1.165) is 43.7 Å². The lowest BCUT2D eigenvalue weighted by Crippen LogP contribution is -2.40. The van der Waals surface area contributed by atoms with Gasteiger partial charge in [-0.25, -0.2) is 4.99 Å². The van der Waals surface area contributed by atoms with Crippen LogP contribution in [0.2, 0.25) is 0 Å². The molecule has 0 bridgehead atoms. The topological polar surface area (TPSA) is 67.6 Å². The molecule has 0 saturated carbocycles. The van der Waals surface area contributed by atoms with Gasteiger partial charge in [-0.1, -0.05) is 6.08 Å². The molecule has 1 saturated heterocycles. The Bertz CT molecular complexity index is 530. The van der Waals surface area contributed by atoms with Gasteiger partial charge in [0, 0.05) is 39.7 Å². The van der Waals surface area contributed by atoms with Crippen molar-refractivity contribution in [2.24, 2.45) is 18.0 Å². The van der Waals surface area contributed by atoms with E-state index >= 15 is 0 Å². The number of rotatable bonds is 6. The van der Waals surface area contributed by atoms with Crippen LogP contribution in [-0.2, 0) is 18.3 Å². The molecule has 0 aliphatic carbocycles. The largest absolute Gasteiger partial charge is 0.384 e. The number of halogens is 1. The van der Waals surface area contributed by atoms with Gasteiger partial charge in [-0.2, -0.15) is 0 Å². The fraction of sp³-hybridized carbons (Fsp3) is 0.667. The van der Waals surface area contributed by atoms with Crippen molar-refractivity contribution in [2.45, 2.75) is 19.9 Å². The van der Waals surface area contributed by atoms with Gasteiger partial charge in [0.05, 0.1) is 6.61 Å². The first kappa shape index (κ1) is 19.9. The van der Waals surface area contributed by atoms with E-state index in [2.05, 4.69) is 27.0 Å². The number of ether oxygens (including phenoxy) is 1. The van der Waals surface area contributed by atoms with Crippen molar-refractivity contribution in [1.82, 2.24) is 25.0 Å². The average molecular weight is 434 g/mol. The molecule has 0 amide bonds. The number of guanidine groups is 1. The van der Waals surface area contributed by atoms with Crippen molar-refractivity contribution in [2.75, 3.05) is 33.4 Å². The van der Waals surface area contributed by atoms with E-state index in [9.17, 15) is 0 Å². The number of aromatic nitrogens is 3. The van der Waals surface area contributed by atoms with Crippen molar-refractivity contribution < 1.29 is 4.74 Å². The zero-order valence-corrected chi connectivity index (χ0v) is 16.5. The van der Waals surface area contributed by atoms with Gasteiger partial charge in [0.1, 0.15) is 12.4 Å². The van der Waals surface area contributed by atoms with E-state index in [0.29, 0.717) is 19.0 Å². The molecular formula is C15H27IN6O. The minimum absolute atomic E-state index is 0. The van der Waals surface area contributed by atoms with Gasteiger partial charge in [-0.05, 0) is 13.3 Å². The third-order valence-electron chi connectivity index (χ3n) is 3.95. The predicted molar refractivity (Wildman–Crippen MR) is 102 cm³/mol. The quantitative estimate of drug-likeness (QED) is 0.317. The molecule has 1 aliphatic heterocycles. The molecule has 1 unspecified atom stereocenters. The standard InChI is InChI=1S/C15H26N6O.HI/c1-5-7-16-15(21-8-6-13(10-21)11-22-4)17-9-14-19-18-12(2)20(14)3;/h5,13H,1,6-11H2,2-4H3,(H,16,17);1H. The number of hydrogen-bond acceptors (Lipinski definition) is 4. The first-order chi connectivity index (χ1) is 10.7. The summed E-state index contributed by atoms with van der Waals surface area (Å²) in [6, 6.07) is 0. The average Bonchev–Trinajstić information content (AvgIpc) is 3.09. The highest BCUT2D eigenvalue weighted by Gasteiger charge is 2.24. The highest BCUT2D eigenvalue weighted by atomic mass is 127. The smallest absolute Gasteiger partial charge is 0.194 e. The Labute approximate surface area is 155 Å². The summed E-state index contributed by atoms with van der Waals surface area (Å²) >= 11 is 0. The minimum atomic E-state index is 0. The Kier molecular flexibility index (Phi) is 8.53. The van der Waals surface area contributed by atoms with Crippen molar-refractivity contribution in [3.05, 3.63) is 24.3 Å². The molecule has 1 N–H and O–H groups in total. The fourth-order valence-corrected chi connectivity index (χ4v) is 2.56. The van der Waals surface area contributed by atoms with Gasteiger partial charge < -0.3 is 19.5 Å². The zero-order valence-electron chi connectivity index (χ0n) is 14.2. The Hall–Kier alpha value is -1.16. The SMILES string of the molecule is C=CCNC(=NCc1nnc(C)n1C)N1CCC(COC)C1.I. The molecule has 8 heteroatoms. The van der Waals surface area contributed by atoms with Crippen LogP contribution in [0.15, 0.2) is 17.6 Å². The zero-order chi connectivity index (χ0) is 15.9. The molecule has 1 aromatic heterocycles. The highest BCUT2D eigenvalue weighted by Crippen LogP contribution is 2.16. The summed E-state index contributed by atoms with van der Waals surface area (Å²) in [6.45, 7) is 9.67. The first-order valence-corrected chi connectivity index (χ1v) is 7.63. The second-order valence-electron chi connectivity index (χ2n) is 5.59. The van der Waals surface area contributed by atoms with Crippen LogP contribution < -0.4 is 5.32 Å². The monoisotopic (exact) mass is 434 g/mol. The molecule has 7 nitrogen and oxygen atoms in total. The molecule has 23 heavy (non-hydrogen) atoms. The summed E-state index contributed by atoms with van der Waals surface area (Å²) in [7, 11) is 3.71. The normalized spacial score (nSPS) is 18.0. The fourth-order valence-electron chi connectivity index (χ4n) is 2.56. The summed E-state index contributed by atoms with van der Waals surface area (Å²) in [5.41, 5.74) is 0. The number of aliphatic imine (C=N–C) groups is 1. The lowest BCUT2D eigenvalue weighted by molar-refractivity contribution is 0.157. The van der Waals surface area contributed by atoms with Crippen LogP contribution in [0.3, 0.4) is 0 Å². The number of methoxy groups -OCH3 is 1. The molecule has 0 spiro atoms. The van der Waals surface area contributed by atoms with Gasteiger partial charge in [-0.15, -0.1) is 40.8 Å². The Balaban J connectivity index is 0.00000264. The molecule has 1 atom stereocenters. The first-order valence-electron chi connectivity index (χ1n) is 7.63. The van der Waals surface area contributed by atoms with E-state index in [1.807, 2.05) is 24.6 Å². The van der Waals surface area contributed by atoms with E-state index < -0.39 is 0 Å². The third-order valence-corrected chi connectivity index (χ3v) is 3.95. The van der Waals surface area contributed by atoms with Gasteiger partial charge >= 0.3 is 0 Å². The molecule has 2 heterocycles. The Morgan fingerprint density at radius 1 is 1.52 bits per heavy atom. The minimum Gasteiger partial charge on any atom is -0.384 e. The molecule has 1 aliphatic rings. The molecule has 1 aromatic rings. The number of nitrogens with one attached hydrogen (secondary N) is 1. The molecule has 2 rings (SSSR count). The van der Waals surface area contributed by atoms with E-state index in [4.69, 9.17) is 9.73 Å². The number of aryl methyl sites for hydroxylation is 1. The van der Waals surface area contributed by atoms with Crippen LogP contribution in [0.25, 0.3) is 0 Å². The second-order valence-corrected chi connectivity index (χ2v) is 5.59. The molecule has 0 aromatic carbocycles. The molecular weight excluding hydrogens is 407 g/mol. The maximum Gasteiger partial charge on any atom is 0.194 e. The summed E-state index contributed by atoms with van der Waals surface area (Å²) in [4.78, 5) is 6.98.